The molecule has 0 radical (unpaired) electrons. The van der Waals surface area contributed by atoms with Crippen LogP contribution in [0.2, 0.25) is 0 Å². The summed E-state index contributed by atoms with van der Waals surface area (Å²) in [6, 6.07) is 0.579. The van der Waals surface area contributed by atoms with E-state index in [-0.39, 0.29) is 11.8 Å². The molecule has 128 valence electrons. The predicted molar refractivity (Wildman–Crippen MR) is 89.7 cm³/mol. The first kappa shape index (κ1) is 17.7. The van der Waals surface area contributed by atoms with Gasteiger partial charge in [0.1, 0.15) is 0 Å². The van der Waals surface area contributed by atoms with E-state index in [0.717, 1.165) is 58.3 Å². The molecule has 4 nitrogen and oxygen atoms in total. The maximum atomic E-state index is 12.0. The summed E-state index contributed by atoms with van der Waals surface area (Å²) >= 11 is 0. The Morgan fingerprint density at radius 1 is 1.09 bits per heavy atom. The lowest BCUT2D eigenvalue weighted by Crippen LogP contribution is -2.48. The zero-order valence-corrected chi connectivity index (χ0v) is 14.8. The van der Waals surface area contributed by atoms with Gasteiger partial charge < -0.3 is 14.9 Å². The Morgan fingerprint density at radius 3 is 2.09 bits per heavy atom. The first-order valence-electron chi connectivity index (χ1n) is 9.06. The van der Waals surface area contributed by atoms with Gasteiger partial charge in [0.05, 0.1) is 5.60 Å². The SMILES string of the molecule is CC(C)C(=O)N1CCC(CC2(O)CCN(C(C)C)CC2)CC1. The van der Waals surface area contributed by atoms with Crippen molar-refractivity contribution in [3.8, 4) is 0 Å². The summed E-state index contributed by atoms with van der Waals surface area (Å²) in [6.07, 6.45) is 4.82. The van der Waals surface area contributed by atoms with Crippen LogP contribution in [0.5, 0.6) is 0 Å². The van der Waals surface area contributed by atoms with E-state index >= 15 is 0 Å². The van der Waals surface area contributed by atoms with Crippen LogP contribution in [-0.4, -0.2) is 58.6 Å². The fraction of sp³-hybridized carbons (Fsp3) is 0.944. The molecule has 0 atom stereocenters. The second-order valence-electron chi connectivity index (χ2n) is 7.98. The van der Waals surface area contributed by atoms with Crippen LogP contribution in [0.4, 0.5) is 0 Å². The van der Waals surface area contributed by atoms with Crippen LogP contribution < -0.4 is 0 Å². The first-order chi connectivity index (χ1) is 10.3. The topological polar surface area (TPSA) is 43.8 Å². The Morgan fingerprint density at radius 2 is 1.64 bits per heavy atom. The minimum Gasteiger partial charge on any atom is -0.390 e. The number of likely N-dealkylation sites (tertiary alicyclic amines) is 2. The summed E-state index contributed by atoms with van der Waals surface area (Å²) in [5.41, 5.74) is -0.472. The van der Waals surface area contributed by atoms with E-state index in [0.29, 0.717) is 12.0 Å². The number of piperidine rings is 2. The van der Waals surface area contributed by atoms with Crippen LogP contribution >= 0.6 is 0 Å². The van der Waals surface area contributed by atoms with Crippen molar-refractivity contribution >= 4 is 5.91 Å². The second kappa shape index (κ2) is 7.31. The number of carbonyl (C=O) groups is 1. The van der Waals surface area contributed by atoms with E-state index in [9.17, 15) is 9.90 Å². The Balaban J connectivity index is 1.77. The smallest absolute Gasteiger partial charge is 0.225 e. The fourth-order valence-electron chi connectivity index (χ4n) is 3.92. The molecule has 2 fully saturated rings. The van der Waals surface area contributed by atoms with Crippen molar-refractivity contribution < 1.29 is 9.90 Å². The molecule has 0 saturated carbocycles. The molecule has 22 heavy (non-hydrogen) atoms. The van der Waals surface area contributed by atoms with Crippen molar-refractivity contribution in [2.75, 3.05) is 26.2 Å². The summed E-state index contributed by atoms with van der Waals surface area (Å²) in [5, 5.41) is 10.9. The minimum atomic E-state index is -0.472. The Kier molecular flexibility index (Phi) is 5.89. The van der Waals surface area contributed by atoms with Gasteiger partial charge in [-0.2, -0.15) is 0 Å². The molecular weight excluding hydrogens is 276 g/mol. The predicted octanol–water partition coefficient (Wildman–Crippen LogP) is 2.51. The Labute approximate surface area is 135 Å². The van der Waals surface area contributed by atoms with Crippen LogP contribution in [0.3, 0.4) is 0 Å². The number of aliphatic hydroxyl groups is 1. The van der Waals surface area contributed by atoms with Crippen molar-refractivity contribution in [1.82, 2.24) is 9.80 Å². The number of carbonyl (C=O) groups excluding carboxylic acids is 1. The highest BCUT2D eigenvalue weighted by molar-refractivity contribution is 5.78. The molecule has 2 saturated heterocycles. The van der Waals surface area contributed by atoms with E-state index in [1.807, 2.05) is 18.7 Å². The van der Waals surface area contributed by atoms with Gasteiger partial charge >= 0.3 is 0 Å². The second-order valence-corrected chi connectivity index (χ2v) is 7.98. The lowest BCUT2D eigenvalue weighted by molar-refractivity contribution is -0.136. The normalized spacial score (nSPS) is 24.2. The standard InChI is InChI=1S/C18H34N2O2/c1-14(2)17(21)20-9-5-16(6-10-20)13-18(22)7-11-19(12-8-18)15(3)4/h14-16,22H,5-13H2,1-4H3. The van der Waals surface area contributed by atoms with E-state index in [4.69, 9.17) is 0 Å². The molecule has 1 N–H and O–H groups in total. The third-order valence-electron chi connectivity index (χ3n) is 5.55. The van der Waals surface area contributed by atoms with Crippen LogP contribution in [0, 0.1) is 11.8 Å². The number of amides is 1. The van der Waals surface area contributed by atoms with Gasteiger partial charge in [0.15, 0.2) is 0 Å². The van der Waals surface area contributed by atoms with E-state index in [1.165, 1.54) is 0 Å². The van der Waals surface area contributed by atoms with Crippen LogP contribution in [0.1, 0.15) is 59.8 Å². The molecule has 4 heteroatoms. The zero-order valence-electron chi connectivity index (χ0n) is 14.8. The third kappa shape index (κ3) is 4.45. The van der Waals surface area contributed by atoms with E-state index in [2.05, 4.69) is 18.7 Å². The quantitative estimate of drug-likeness (QED) is 0.867. The summed E-state index contributed by atoms with van der Waals surface area (Å²) in [5.74, 6) is 0.954. The average Bonchev–Trinajstić information content (AvgIpc) is 2.47. The highest BCUT2D eigenvalue weighted by Gasteiger charge is 2.36. The number of rotatable bonds is 4. The van der Waals surface area contributed by atoms with E-state index < -0.39 is 5.60 Å². The van der Waals surface area contributed by atoms with Crippen LogP contribution in [0.25, 0.3) is 0 Å². The van der Waals surface area contributed by atoms with Gasteiger partial charge in [0.25, 0.3) is 0 Å². The molecule has 0 aliphatic carbocycles. The molecular formula is C18H34N2O2. The maximum absolute atomic E-state index is 12.0. The monoisotopic (exact) mass is 310 g/mol. The van der Waals surface area contributed by atoms with Crippen molar-refractivity contribution in [2.45, 2.75) is 71.4 Å². The highest BCUT2D eigenvalue weighted by atomic mass is 16.3. The molecule has 2 aliphatic rings. The zero-order chi connectivity index (χ0) is 16.3. The van der Waals surface area contributed by atoms with Crippen molar-refractivity contribution in [2.24, 2.45) is 11.8 Å². The molecule has 2 heterocycles. The fourth-order valence-corrected chi connectivity index (χ4v) is 3.92. The summed E-state index contributed by atoms with van der Waals surface area (Å²) in [7, 11) is 0. The van der Waals surface area contributed by atoms with E-state index in [1.54, 1.807) is 0 Å². The molecule has 0 aromatic rings. The molecule has 0 spiro atoms. The lowest BCUT2D eigenvalue weighted by Gasteiger charge is -2.43. The van der Waals surface area contributed by atoms with Crippen LogP contribution in [0.15, 0.2) is 0 Å². The molecule has 2 rings (SSSR count). The van der Waals surface area contributed by atoms with Gasteiger partial charge in [-0.25, -0.2) is 0 Å². The molecule has 0 bridgehead atoms. The van der Waals surface area contributed by atoms with Gasteiger partial charge in [-0.15, -0.1) is 0 Å². The van der Waals surface area contributed by atoms with Crippen LogP contribution in [-0.2, 0) is 4.79 Å². The maximum Gasteiger partial charge on any atom is 0.225 e. The van der Waals surface area contributed by atoms with Gasteiger partial charge in [-0.05, 0) is 51.9 Å². The molecule has 2 aliphatic heterocycles. The Hall–Kier alpha value is -0.610. The minimum absolute atomic E-state index is 0.0982. The van der Waals surface area contributed by atoms with Crippen molar-refractivity contribution in [3.63, 3.8) is 0 Å². The third-order valence-corrected chi connectivity index (χ3v) is 5.55. The first-order valence-corrected chi connectivity index (χ1v) is 9.06. The molecule has 0 aromatic carbocycles. The largest absolute Gasteiger partial charge is 0.390 e. The highest BCUT2D eigenvalue weighted by Crippen LogP contribution is 2.33. The molecule has 0 unspecified atom stereocenters. The van der Waals surface area contributed by atoms with Gasteiger partial charge in [0.2, 0.25) is 5.91 Å². The molecule has 0 aromatic heterocycles. The number of nitrogens with zero attached hydrogens (tertiary/aromatic N) is 2. The number of hydrogen-bond acceptors (Lipinski definition) is 3. The summed E-state index contributed by atoms with van der Waals surface area (Å²) in [4.78, 5) is 16.5. The molecule has 1 amide bonds. The van der Waals surface area contributed by atoms with Crippen molar-refractivity contribution in [3.05, 3.63) is 0 Å². The van der Waals surface area contributed by atoms with Gasteiger partial charge in [-0.1, -0.05) is 13.8 Å². The number of hydrogen-bond donors (Lipinski definition) is 1. The average molecular weight is 310 g/mol. The van der Waals surface area contributed by atoms with Crippen molar-refractivity contribution in [1.29, 1.82) is 0 Å². The summed E-state index contributed by atoms with van der Waals surface area (Å²) in [6.45, 7) is 12.2. The summed E-state index contributed by atoms with van der Waals surface area (Å²) < 4.78 is 0. The lowest BCUT2D eigenvalue weighted by atomic mass is 9.79. The Bertz CT molecular complexity index is 365. The van der Waals surface area contributed by atoms with Gasteiger partial charge in [-0.3, -0.25) is 4.79 Å². The van der Waals surface area contributed by atoms with Gasteiger partial charge in [0, 0.05) is 38.1 Å².